The molecule has 1 saturated heterocycles. The number of urea groups is 1. The highest BCUT2D eigenvalue weighted by atomic mass is 19.4. The number of nitrogens with zero attached hydrogens (tertiary/aromatic N) is 1. The second-order valence-corrected chi connectivity index (χ2v) is 13.2. The number of likely N-dealkylation sites (tertiary alicyclic amines) is 1. The van der Waals surface area contributed by atoms with Crippen LogP contribution in [0.4, 0.5) is 18.0 Å². The van der Waals surface area contributed by atoms with Gasteiger partial charge in [-0.15, -0.1) is 0 Å². The molecule has 1 unspecified atom stereocenters. The van der Waals surface area contributed by atoms with Gasteiger partial charge in [-0.2, -0.15) is 13.2 Å². The number of amides is 5. The van der Waals surface area contributed by atoms with E-state index >= 15 is 0 Å². The summed E-state index contributed by atoms with van der Waals surface area (Å²) in [5, 5.41) is 9.65. The van der Waals surface area contributed by atoms with Crippen molar-refractivity contribution in [2.75, 3.05) is 13.6 Å². The largest absolute Gasteiger partial charge is 0.389 e. The van der Waals surface area contributed by atoms with Crippen LogP contribution in [0.2, 0.25) is 0 Å². The van der Waals surface area contributed by atoms with Crippen LogP contribution in [0.3, 0.4) is 0 Å². The van der Waals surface area contributed by atoms with Gasteiger partial charge in [-0.1, -0.05) is 46.8 Å². The molecule has 5 amide bonds. The SMILES string of the molecule is C=C(C)[C@H](NC(=O)N[C@H](C(=O)N1CC[C@H](C(C)C)[C@H]1C(=O)NC(CCC(F)(F)F)C(=O)C(=O)NC)C(C)(C)C)C(=O)C1CC1. The first-order valence-electron chi connectivity index (χ1n) is 14.9. The van der Waals surface area contributed by atoms with Gasteiger partial charge in [-0.25, -0.2) is 4.79 Å². The first-order valence-corrected chi connectivity index (χ1v) is 14.9. The molecule has 0 radical (unpaired) electrons. The summed E-state index contributed by atoms with van der Waals surface area (Å²) in [5.41, 5.74) is -0.423. The summed E-state index contributed by atoms with van der Waals surface area (Å²) in [5.74, 6) is -4.74. The maximum atomic E-state index is 14.1. The Bertz CT molecular complexity index is 1140. The highest BCUT2D eigenvalue weighted by molar-refractivity contribution is 6.38. The molecule has 0 bridgehead atoms. The van der Waals surface area contributed by atoms with Crippen LogP contribution in [0.15, 0.2) is 12.2 Å². The van der Waals surface area contributed by atoms with Crippen LogP contribution in [0.1, 0.15) is 73.6 Å². The van der Waals surface area contributed by atoms with Crippen LogP contribution in [-0.4, -0.2) is 84.2 Å². The monoisotopic (exact) mass is 629 g/mol. The molecule has 1 aliphatic carbocycles. The predicted octanol–water partition coefficient (Wildman–Crippen LogP) is 2.64. The second kappa shape index (κ2) is 14.6. The third-order valence-electron chi connectivity index (χ3n) is 8.07. The molecule has 4 N–H and O–H groups in total. The number of carbonyl (C=O) groups excluding carboxylic acids is 6. The third kappa shape index (κ3) is 9.78. The van der Waals surface area contributed by atoms with Gasteiger partial charge in [0.25, 0.3) is 5.91 Å². The first kappa shape index (κ1) is 36.7. The van der Waals surface area contributed by atoms with Crippen molar-refractivity contribution < 1.29 is 41.9 Å². The van der Waals surface area contributed by atoms with E-state index in [0.717, 1.165) is 19.9 Å². The Balaban J connectivity index is 2.34. The summed E-state index contributed by atoms with van der Waals surface area (Å²) < 4.78 is 39.0. The van der Waals surface area contributed by atoms with Gasteiger partial charge in [0.05, 0.1) is 6.04 Å². The molecular formula is C30H46F3N5O6. The molecule has 44 heavy (non-hydrogen) atoms. The lowest BCUT2D eigenvalue weighted by Crippen LogP contribution is -2.61. The van der Waals surface area contributed by atoms with Gasteiger partial charge in [-0.05, 0) is 49.9 Å². The minimum absolute atomic E-state index is 0.112. The van der Waals surface area contributed by atoms with E-state index in [1.54, 1.807) is 27.7 Å². The van der Waals surface area contributed by atoms with E-state index in [0.29, 0.717) is 12.0 Å². The van der Waals surface area contributed by atoms with Crippen molar-refractivity contribution in [1.29, 1.82) is 0 Å². The maximum Gasteiger partial charge on any atom is 0.389 e. The van der Waals surface area contributed by atoms with Gasteiger partial charge in [0.15, 0.2) is 5.78 Å². The van der Waals surface area contributed by atoms with Crippen LogP contribution < -0.4 is 21.3 Å². The third-order valence-corrected chi connectivity index (χ3v) is 8.07. The molecular weight excluding hydrogens is 583 g/mol. The lowest BCUT2D eigenvalue weighted by atomic mass is 9.84. The quantitative estimate of drug-likeness (QED) is 0.182. The number of hydrogen-bond donors (Lipinski definition) is 4. The van der Waals surface area contributed by atoms with Crippen molar-refractivity contribution in [1.82, 2.24) is 26.2 Å². The molecule has 0 aromatic carbocycles. The number of Topliss-reactive ketones (excluding diaryl/α,β-unsaturated/α-hetero) is 2. The lowest BCUT2D eigenvalue weighted by molar-refractivity contribution is -0.147. The van der Waals surface area contributed by atoms with E-state index in [2.05, 4.69) is 27.8 Å². The summed E-state index contributed by atoms with van der Waals surface area (Å²) in [7, 11) is 1.14. The molecule has 2 aliphatic rings. The number of hydrogen-bond acceptors (Lipinski definition) is 6. The molecule has 0 aromatic rings. The Labute approximate surface area is 256 Å². The number of alkyl halides is 3. The minimum Gasteiger partial charge on any atom is -0.353 e. The van der Waals surface area contributed by atoms with Crippen LogP contribution >= 0.6 is 0 Å². The van der Waals surface area contributed by atoms with Gasteiger partial charge in [-0.3, -0.25) is 24.0 Å². The lowest BCUT2D eigenvalue weighted by Gasteiger charge is -2.37. The zero-order chi connectivity index (χ0) is 33.7. The number of rotatable bonds is 13. The molecule has 5 atom stereocenters. The summed E-state index contributed by atoms with van der Waals surface area (Å²) in [6.45, 7) is 14.3. The summed E-state index contributed by atoms with van der Waals surface area (Å²) in [4.78, 5) is 79.4. The summed E-state index contributed by atoms with van der Waals surface area (Å²) in [6.07, 6.45) is -5.06. The Kier molecular flexibility index (Phi) is 12.2. The zero-order valence-corrected chi connectivity index (χ0v) is 26.5. The van der Waals surface area contributed by atoms with Gasteiger partial charge in [0.1, 0.15) is 18.1 Å². The van der Waals surface area contributed by atoms with Gasteiger partial charge in [0, 0.05) is 25.9 Å². The highest BCUT2D eigenvalue weighted by Crippen LogP contribution is 2.34. The molecule has 0 spiro atoms. The smallest absolute Gasteiger partial charge is 0.353 e. The van der Waals surface area contributed by atoms with Crippen molar-refractivity contribution in [3.05, 3.63) is 12.2 Å². The van der Waals surface area contributed by atoms with E-state index in [9.17, 15) is 41.9 Å². The fourth-order valence-electron chi connectivity index (χ4n) is 5.37. The normalized spacial score (nSPS) is 20.8. The van der Waals surface area contributed by atoms with Crippen LogP contribution in [0.25, 0.3) is 0 Å². The Morgan fingerprint density at radius 3 is 2.00 bits per heavy atom. The number of likely N-dealkylation sites (N-methyl/N-ethyl adjacent to an activating group) is 1. The molecule has 14 heteroatoms. The standard InChI is InChI=1S/C30H46F3N5O6/c1-15(2)18-12-14-38(21(18)25(41)35-19(11-13-30(31,32)33)23(40)26(42)34-8)27(43)24(29(5,6)7)37-28(44)36-20(16(3)4)22(39)17-9-10-17/h15,17-21,24H,3,9-14H2,1-2,4-8H3,(H,34,42)(H,35,41)(H2,36,37,44)/t18-,19?,20+,21+,24-/m1/s1. The van der Waals surface area contributed by atoms with Crippen molar-refractivity contribution >= 4 is 35.3 Å². The van der Waals surface area contributed by atoms with Crippen molar-refractivity contribution in [3.63, 3.8) is 0 Å². The minimum atomic E-state index is -4.64. The Morgan fingerprint density at radius 2 is 1.55 bits per heavy atom. The maximum absolute atomic E-state index is 14.1. The average Bonchev–Trinajstić information content (AvgIpc) is 3.66. The number of carbonyl (C=O) groups is 6. The van der Waals surface area contributed by atoms with Crippen LogP contribution in [0, 0.1) is 23.2 Å². The fourth-order valence-corrected chi connectivity index (χ4v) is 5.37. The number of halogens is 3. The van der Waals surface area contributed by atoms with Gasteiger partial charge < -0.3 is 26.2 Å². The molecule has 2 fully saturated rings. The first-order chi connectivity index (χ1) is 20.2. The molecule has 1 heterocycles. The van der Waals surface area contributed by atoms with Crippen molar-refractivity contribution in [3.8, 4) is 0 Å². The van der Waals surface area contributed by atoms with Crippen molar-refractivity contribution in [2.24, 2.45) is 23.2 Å². The molecule has 1 aliphatic heterocycles. The van der Waals surface area contributed by atoms with Crippen LogP contribution in [-0.2, 0) is 24.0 Å². The van der Waals surface area contributed by atoms with Crippen LogP contribution in [0.5, 0.6) is 0 Å². The zero-order valence-electron chi connectivity index (χ0n) is 26.5. The Hall–Kier alpha value is -3.45. The predicted molar refractivity (Wildman–Crippen MR) is 156 cm³/mol. The highest BCUT2D eigenvalue weighted by Gasteiger charge is 2.48. The van der Waals surface area contributed by atoms with E-state index in [4.69, 9.17) is 0 Å². The molecule has 0 aromatic heterocycles. The fraction of sp³-hybridized carbons (Fsp3) is 0.733. The molecule has 11 nitrogen and oxygen atoms in total. The second-order valence-electron chi connectivity index (χ2n) is 13.2. The number of ketones is 2. The average molecular weight is 630 g/mol. The van der Waals surface area contributed by atoms with E-state index in [1.807, 2.05) is 13.8 Å². The van der Waals surface area contributed by atoms with Gasteiger partial charge in [0.2, 0.25) is 17.6 Å². The van der Waals surface area contributed by atoms with E-state index in [-0.39, 0.29) is 24.2 Å². The number of nitrogens with one attached hydrogen (secondary N) is 4. The molecule has 1 saturated carbocycles. The summed E-state index contributed by atoms with van der Waals surface area (Å²) in [6, 6.07) is -5.81. The molecule has 2 rings (SSSR count). The van der Waals surface area contributed by atoms with Crippen molar-refractivity contribution in [2.45, 2.75) is 104 Å². The topological polar surface area (TPSA) is 154 Å². The Morgan fingerprint density at radius 1 is 0.955 bits per heavy atom. The summed E-state index contributed by atoms with van der Waals surface area (Å²) >= 11 is 0. The molecule has 248 valence electrons. The van der Waals surface area contributed by atoms with Gasteiger partial charge >= 0.3 is 12.2 Å². The van der Waals surface area contributed by atoms with E-state index in [1.165, 1.54) is 4.90 Å². The van der Waals surface area contributed by atoms with E-state index < -0.39 is 84.1 Å².